The van der Waals surface area contributed by atoms with Gasteiger partial charge in [0, 0.05) is 11.8 Å². The number of carbonyl (C=O) groups is 1. The number of amides is 1. The van der Waals surface area contributed by atoms with Gasteiger partial charge in [0.2, 0.25) is 11.8 Å². The number of nitrogens with one attached hydrogen (secondary N) is 1. The summed E-state index contributed by atoms with van der Waals surface area (Å²) in [5, 5.41) is 3.22. The lowest BCUT2D eigenvalue weighted by Crippen LogP contribution is -2.15. The Morgan fingerprint density at radius 3 is 2.70 bits per heavy atom. The second-order valence-electron chi connectivity index (χ2n) is 4.97. The monoisotopic (exact) mass is 327 g/mol. The first-order chi connectivity index (χ1) is 11.1. The number of halogens is 1. The summed E-state index contributed by atoms with van der Waals surface area (Å²) in [6.45, 7) is 1.79. The molecular formula is C17H14ClN3O2. The fraction of sp³-hybridized carbons (Fsp3) is 0.118. The van der Waals surface area contributed by atoms with Crippen molar-refractivity contribution in [1.82, 2.24) is 9.97 Å². The third-order valence-corrected chi connectivity index (χ3v) is 3.46. The van der Waals surface area contributed by atoms with E-state index in [9.17, 15) is 4.79 Å². The van der Waals surface area contributed by atoms with E-state index in [1.807, 2.05) is 30.3 Å². The van der Waals surface area contributed by atoms with Gasteiger partial charge in [-0.05, 0) is 31.2 Å². The Bertz CT molecular complexity index is 814. The van der Waals surface area contributed by atoms with Crippen LogP contribution in [0.25, 0.3) is 11.5 Å². The zero-order valence-electron chi connectivity index (χ0n) is 12.4. The number of carbonyl (C=O) groups excluding carboxylic acids is 1. The maximum absolute atomic E-state index is 12.1. The maximum atomic E-state index is 12.1. The van der Waals surface area contributed by atoms with Crippen LogP contribution in [-0.2, 0) is 11.2 Å². The Hall–Kier alpha value is -2.66. The Balaban J connectivity index is 1.71. The van der Waals surface area contributed by atoms with Crippen molar-refractivity contribution in [3.8, 4) is 11.5 Å². The molecule has 6 heteroatoms. The highest BCUT2D eigenvalue weighted by atomic mass is 35.5. The van der Waals surface area contributed by atoms with E-state index in [4.69, 9.17) is 16.0 Å². The molecule has 0 saturated carbocycles. The van der Waals surface area contributed by atoms with Crippen LogP contribution in [0.15, 0.2) is 53.1 Å². The van der Waals surface area contributed by atoms with Crippen LogP contribution in [0.5, 0.6) is 0 Å². The Kier molecular flexibility index (Phi) is 4.39. The molecule has 2 aromatic heterocycles. The van der Waals surface area contributed by atoms with Crippen molar-refractivity contribution in [3.63, 3.8) is 0 Å². The van der Waals surface area contributed by atoms with Crippen molar-refractivity contribution in [1.29, 1.82) is 0 Å². The van der Waals surface area contributed by atoms with Crippen molar-refractivity contribution in [2.45, 2.75) is 13.3 Å². The lowest BCUT2D eigenvalue weighted by molar-refractivity contribution is -0.115. The predicted octanol–water partition coefficient (Wildman–Crippen LogP) is 3.88. The Morgan fingerprint density at radius 2 is 2.00 bits per heavy atom. The van der Waals surface area contributed by atoms with Crippen molar-refractivity contribution >= 4 is 23.3 Å². The summed E-state index contributed by atoms with van der Waals surface area (Å²) in [6.07, 6.45) is 1.60. The highest BCUT2D eigenvalue weighted by Gasteiger charge is 2.15. The quantitative estimate of drug-likeness (QED) is 0.789. The van der Waals surface area contributed by atoms with E-state index < -0.39 is 0 Å². The number of aromatic nitrogens is 2. The van der Waals surface area contributed by atoms with Crippen LogP contribution < -0.4 is 5.32 Å². The van der Waals surface area contributed by atoms with Gasteiger partial charge in [-0.25, -0.2) is 9.97 Å². The molecule has 0 radical (unpaired) electrons. The molecule has 0 atom stereocenters. The summed E-state index contributed by atoms with van der Waals surface area (Å²) in [7, 11) is 0. The molecule has 0 aliphatic carbocycles. The summed E-state index contributed by atoms with van der Waals surface area (Å²) < 4.78 is 5.64. The van der Waals surface area contributed by atoms with Gasteiger partial charge in [0.1, 0.15) is 11.6 Å². The summed E-state index contributed by atoms with van der Waals surface area (Å²) >= 11 is 5.76. The SMILES string of the molecule is Cc1oc(-c2ccccc2)nc1CC(=O)Nc1ccc(Cl)cn1. The third kappa shape index (κ3) is 3.76. The van der Waals surface area contributed by atoms with E-state index in [2.05, 4.69) is 15.3 Å². The third-order valence-electron chi connectivity index (χ3n) is 3.24. The molecule has 0 aliphatic rings. The van der Waals surface area contributed by atoms with E-state index in [1.54, 1.807) is 19.1 Å². The van der Waals surface area contributed by atoms with E-state index in [0.29, 0.717) is 28.2 Å². The smallest absolute Gasteiger partial charge is 0.231 e. The first-order valence-electron chi connectivity index (χ1n) is 7.05. The number of oxazole rings is 1. The molecule has 1 amide bonds. The second kappa shape index (κ2) is 6.62. The zero-order chi connectivity index (χ0) is 16.2. The molecule has 3 rings (SSSR count). The fourth-order valence-corrected chi connectivity index (χ4v) is 2.20. The molecule has 23 heavy (non-hydrogen) atoms. The van der Waals surface area contributed by atoms with Gasteiger partial charge in [0.25, 0.3) is 0 Å². The molecule has 5 nitrogen and oxygen atoms in total. The minimum Gasteiger partial charge on any atom is -0.441 e. The van der Waals surface area contributed by atoms with Crippen LogP contribution in [-0.4, -0.2) is 15.9 Å². The average Bonchev–Trinajstić information content (AvgIpc) is 2.91. The Morgan fingerprint density at radius 1 is 1.22 bits per heavy atom. The lowest BCUT2D eigenvalue weighted by atomic mass is 10.2. The molecule has 0 bridgehead atoms. The standard InChI is InChI=1S/C17H14ClN3O2/c1-11-14(20-17(23-11)12-5-3-2-4-6-12)9-16(22)21-15-8-7-13(18)10-19-15/h2-8,10H,9H2,1H3,(H,19,21,22). The first-order valence-corrected chi connectivity index (χ1v) is 7.43. The zero-order valence-corrected chi connectivity index (χ0v) is 13.2. The van der Waals surface area contributed by atoms with Crippen LogP contribution in [0.4, 0.5) is 5.82 Å². The van der Waals surface area contributed by atoms with Crippen LogP contribution in [0.3, 0.4) is 0 Å². The number of hydrogen-bond donors (Lipinski definition) is 1. The number of hydrogen-bond acceptors (Lipinski definition) is 4. The molecule has 1 N–H and O–H groups in total. The molecule has 116 valence electrons. The highest BCUT2D eigenvalue weighted by molar-refractivity contribution is 6.30. The second-order valence-corrected chi connectivity index (χ2v) is 5.41. The number of nitrogens with zero attached hydrogens (tertiary/aromatic N) is 2. The number of benzene rings is 1. The molecule has 0 unspecified atom stereocenters. The number of anilines is 1. The first kappa shape index (κ1) is 15.2. The Labute approximate surface area is 138 Å². The summed E-state index contributed by atoms with van der Waals surface area (Å²) in [6, 6.07) is 12.9. The largest absolute Gasteiger partial charge is 0.441 e. The topological polar surface area (TPSA) is 68.0 Å². The van der Waals surface area contributed by atoms with Crippen LogP contribution in [0, 0.1) is 6.92 Å². The normalized spacial score (nSPS) is 10.5. The summed E-state index contributed by atoms with van der Waals surface area (Å²) in [5.74, 6) is 1.37. The average molecular weight is 328 g/mol. The highest BCUT2D eigenvalue weighted by Crippen LogP contribution is 2.21. The van der Waals surface area contributed by atoms with Gasteiger partial charge >= 0.3 is 0 Å². The summed E-state index contributed by atoms with van der Waals surface area (Å²) in [4.78, 5) is 20.5. The molecule has 1 aromatic carbocycles. The van der Waals surface area contributed by atoms with E-state index in [1.165, 1.54) is 6.20 Å². The molecule has 3 aromatic rings. The number of aryl methyl sites for hydroxylation is 1. The van der Waals surface area contributed by atoms with Gasteiger partial charge in [-0.3, -0.25) is 4.79 Å². The molecule has 0 spiro atoms. The maximum Gasteiger partial charge on any atom is 0.231 e. The molecule has 0 saturated heterocycles. The van der Waals surface area contributed by atoms with Crippen LogP contribution in [0.2, 0.25) is 5.02 Å². The minimum atomic E-state index is -0.212. The predicted molar refractivity (Wildman–Crippen MR) is 88.3 cm³/mol. The van der Waals surface area contributed by atoms with Gasteiger partial charge in [-0.2, -0.15) is 0 Å². The summed E-state index contributed by atoms with van der Waals surface area (Å²) in [5.41, 5.74) is 1.48. The molecule has 2 heterocycles. The van der Waals surface area contributed by atoms with Crippen molar-refractivity contribution in [2.75, 3.05) is 5.32 Å². The van der Waals surface area contributed by atoms with Gasteiger partial charge in [-0.1, -0.05) is 29.8 Å². The van der Waals surface area contributed by atoms with Gasteiger partial charge in [0.05, 0.1) is 17.1 Å². The number of pyridine rings is 1. The minimum absolute atomic E-state index is 0.118. The van der Waals surface area contributed by atoms with Crippen LogP contribution >= 0.6 is 11.6 Å². The van der Waals surface area contributed by atoms with Crippen molar-refractivity contribution < 1.29 is 9.21 Å². The molecule has 0 fully saturated rings. The van der Waals surface area contributed by atoms with E-state index >= 15 is 0 Å². The van der Waals surface area contributed by atoms with Gasteiger partial charge in [0.15, 0.2) is 0 Å². The van der Waals surface area contributed by atoms with Crippen molar-refractivity contribution in [2.24, 2.45) is 0 Å². The number of rotatable bonds is 4. The molecule has 0 aliphatic heterocycles. The van der Waals surface area contributed by atoms with Gasteiger partial charge < -0.3 is 9.73 Å². The fourth-order valence-electron chi connectivity index (χ4n) is 2.09. The van der Waals surface area contributed by atoms with E-state index in [0.717, 1.165) is 5.56 Å². The molecular weight excluding hydrogens is 314 g/mol. The van der Waals surface area contributed by atoms with E-state index in [-0.39, 0.29) is 12.3 Å². The van der Waals surface area contributed by atoms with Crippen molar-refractivity contribution in [3.05, 3.63) is 65.1 Å². The van der Waals surface area contributed by atoms with Gasteiger partial charge in [-0.15, -0.1) is 0 Å². The lowest BCUT2D eigenvalue weighted by Gasteiger charge is -2.02. The van der Waals surface area contributed by atoms with Crippen LogP contribution in [0.1, 0.15) is 11.5 Å².